The molecule has 1 unspecified atom stereocenters. The standard InChI is InChI=1S/C15H17F3N2O4/c16-15(17,18)10-1-2-12(19-7-10)13(21)20-8-11(14(22)23)9-3-5-24-6-4-9/h1-2,7,9,11H,3-6,8H2,(H,20,21)(H,22,23). The Morgan fingerprint density at radius 1 is 1.33 bits per heavy atom. The van der Waals surface area contributed by atoms with Crippen molar-refractivity contribution >= 4 is 11.9 Å². The largest absolute Gasteiger partial charge is 0.481 e. The number of aliphatic carboxylic acids is 1. The number of carbonyl (C=O) groups excluding carboxylic acids is 1. The lowest BCUT2D eigenvalue weighted by Crippen LogP contribution is -2.39. The molecule has 0 aliphatic carbocycles. The van der Waals surface area contributed by atoms with Crippen molar-refractivity contribution in [2.24, 2.45) is 11.8 Å². The van der Waals surface area contributed by atoms with Gasteiger partial charge in [-0.2, -0.15) is 13.2 Å². The molecule has 132 valence electrons. The van der Waals surface area contributed by atoms with E-state index >= 15 is 0 Å². The predicted octanol–water partition coefficient (Wildman–Crippen LogP) is 1.96. The molecule has 1 amide bonds. The van der Waals surface area contributed by atoms with Crippen LogP contribution in [0.4, 0.5) is 13.2 Å². The number of halogens is 3. The van der Waals surface area contributed by atoms with Gasteiger partial charge in [0.1, 0.15) is 5.69 Å². The van der Waals surface area contributed by atoms with Gasteiger partial charge in [-0.05, 0) is 30.9 Å². The Labute approximate surface area is 136 Å². The summed E-state index contributed by atoms with van der Waals surface area (Å²) in [4.78, 5) is 26.8. The van der Waals surface area contributed by atoms with Gasteiger partial charge in [0.2, 0.25) is 0 Å². The van der Waals surface area contributed by atoms with E-state index in [1.165, 1.54) is 0 Å². The summed E-state index contributed by atoms with van der Waals surface area (Å²) < 4.78 is 42.5. The van der Waals surface area contributed by atoms with Gasteiger partial charge in [-0.25, -0.2) is 0 Å². The molecular formula is C15H17F3N2O4. The summed E-state index contributed by atoms with van der Waals surface area (Å²) in [6, 6.07) is 1.72. The van der Waals surface area contributed by atoms with Crippen LogP contribution in [0.25, 0.3) is 0 Å². The third-order valence-electron chi connectivity index (χ3n) is 3.96. The lowest BCUT2D eigenvalue weighted by molar-refractivity contribution is -0.144. The minimum absolute atomic E-state index is 0.110. The van der Waals surface area contributed by atoms with E-state index in [2.05, 4.69) is 10.3 Å². The molecule has 1 atom stereocenters. The topological polar surface area (TPSA) is 88.5 Å². The molecule has 24 heavy (non-hydrogen) atoms. The van der Waals surface area contributed by atoms with Gasteiger partial charge in [-0.3, -0.25) is 14.6 Å². The third-order valence-corrected chi connectivity index (χ3v) is 3.96. The molecule has 2 heterocycles. The van der Waals surface area contributed by atoms with Gasteiger partial charge >= 0.3 is 12.1 Å². The van der Waals surface area contributed by atoms with E-state index in [1.54, 1.807) is 0 Å². The van der Waals surface area contributed by atoms with Gasteiger partial charge in [0.15, 0.2) is 0 Å². The fraction of sp³-hybridized carbons (Fsp3) is 0.533. The maximum absolute atomic E-state index is 12.5. The molecule has 1 aliphatic heterocycles. The highest BCUT2D eigenvalue weighted by Gasteiger charge is 2.32. The van der Waals surface area contributed by atoms with Gasteiger partial charge in [-0.1, -0.05) is 0 Å². The SMILES string of the molecule is O=C(NCC(C(=O)O)C1CCOCC1)c1ccc(C(F)(F)F)cn1. The summed E-state index contributed by atoms with van der Waals surface area (Å²) >= 11 is 0. The van der Waals surface area contributed by atoms with E-state index < -0.39 is 29.5 Å². The van der Waals surface area contributed by atoms with Crippen LogP contribution < -0.4 is 5.32 Å². The Kier molecular flexibility index (Phi) is 5.76. The molecule has 0 bridgehead atoms. The summed E-state index contributed by atoms with van der Waals surface area (Å²) in [6.45, 7) is 0.841. The van der Waals surface area contributed by atoms with E-state index in [1.807, 2.05) is 0 Å². The summed E-state index contributed by atoms with van der Waals surface area (Å²) in [6.07, 6.45) is -2.78. The number of hydrogen-bond acceptors (Lipinski definition) is 4. The van der Waals surface area contributed by atoms with Crippen molar-refractivity contribution in [1.29, 1.82) is 0 Å². The van der Waals surface area contributed by atoms with E-state index in [9.17, 15) is 27.9 Å². The Bertz CT molecular complexity index is 583. The Balaban J connectivity index is 1.96. The first kappa shape index (κ1) is 18.2. The van der Waals surface area contributed by atoms with Crippen LogP contribution in [0.3, 0.4) is 0 Å². The van der Waals surface area contributed by atoms with Crippen molar-refractivity contribution in [2.45, 2.75) is 19.0 Å². The van der Waals surface area contributed by atoms with Crippen LogP contribution in [0.5, 0.6) is 0 Å². The molecule has 0 aromatic carbocycles. The predicted molar refractivity (Wildman–Crippen MR) is 76.2 cm³/mol. The highest BCUT2D eigenvalue weighted by molar-refractivity contribution is 5.92. The van der Waals surface area contributed by atoms with Gasteiger partial charge in [0.25, 0.3) is 5.91 Å². The van der Waals surface area contributed by atoms with E-state index in [0.717, 1.165) is 12.1 Å². The minimum atomic E-state index is -4.53. The number of alkyl halides is 3. The van der Waals surface area contributed by atoms with Crippen molar-refractivity contribution in [3.8, 4) is 0 Å². The van der Waals surface area contributed by atoms with Crippen LogP contribution in [-0.4, -0.2) is 41.7 Å². The van der Waals surface area contributed by atoms with Crippen LogP contribution in [0, 0.1) is 11.8 Å². The molecule has 2 rings (SSSR count). The number of carboxylic acids is 1. The third kappa shape index (κ3) is 4.67. The average molecular weight is 346 g/mol. The molecular weight excluding hydrogens is 329 g/mol. The number of carboxylic acid groups (broad SMARTS) is 1. The van der Waals surface area contributed by atoms with E-state index in [0.29, 0.717) is 32.3 Å². The number of nitrogens with one attached hydrogen (secondary N) is 1. The van der Waals surface area contributed by atoms with E-state index in [-0.39, 0.29) is 18.2 Å². The molecule has 2 N–H and O–H groups in total. The molecule has 1 aromatic rings. The Hall–Kier alpha value is -2.16. The maximum Gasteiger partial charge on any atom is 0.417 e. The maximum atomic E-state index is 12.5. The number of carbonyl (C=O) groups is 2. The first-order valence-electron chi connectivity index (χ1n) is 7.41. The second-order valence-corrected chi connectivity index (χ2v) is 5.53. The van der Waals surface area contributed by atoms with Crippen LogP contribution in [0.15, 0.2) is 18.3 Å². The highest BCUT2D eigenvalue weighted by Crippen LogP contribution is 2.28. The minimum Gasteiger partial charge on any atom is -0.481 e. The lowest BCUT2D eigenvalue weighted by atomic mass is 9.86. The van der Waals surface area contributed by atoms with Crippen LogP contribution in [-0.2, 0) is 15.7 Å². The second kappa shape index (κ2) is 7.61. The summed E-state index contributed by atoms with van der Waals surface area (Å²) in [5.74, 6) is -2.62. The zero-order chi connectivity index (χ0) is 17.7. The lowest BCUT2D eigenvalue weighted by Gasteiger charge is -2.27. The monoisotopic (exact) mass is 346 g/mol. The Morgan fingerprint density at radius 2 is 2.00 bits per heavy atom. The summed E-state index contributed by atoms with van der Waals surface area (Å²) in [5, 5.41) is 11.7. The van der Waals surface area contributed by atoms with Crippen LogP contribution >= 0.6 is 0 Å². The Morgan fingerprint density at radius 3 is 2.50 bits per heavy atom. The van der Waals surface area contributed by atoms with Crippen molar-refractivity contribution in [3.63, 3.8) is 0 Å². The van der Waals surface area contributed by atoms with Crippen LogP contribution in [0.2, 0.25) is 0 Å². The molecule has 0 saturated carbocycles. The molecule has 9 heteroatoms. The zero-order valence-corrected chi connectivity index (χ0v) is 12.7. The fourth-order valence-corrected chi connectivity index (χ4v) is 2.56. The van der Waals surface area contributed by atoms with Gasteiger partial charge in [0.05, 0.1) is 11.5 Å². The van der Waals surface area contributed by atoms with E-state index in [4.69, 9.17) is 4.74 Å². The smallest absolute Gasteiger partial charge is 0.417 e. The molecule has 0 spiro atoms. The van der Waals surface area contributed by atoms with Crippen molar-refractivity contribution < 1.29 is 32.6 Å². The van der Waals surface area contributed by atoms with Crippen molar-refractivity contribution in [3.05, 3.63) is 29.6 Å². The molecule has 6 nitrogen and oxygen atoms in total. The molecule has 1 saturated heterocycles. The number of amides is 1. The summed E-state index contributed by atoms with van der Waals surface area (Å²) in [7, 11) is 0. The fourth-order valence-electron chi connectivity index (χ4n) is 2.56. The summed E-state index contributed by atoms with van der Waals surface area (Å²) in [5.41, 5.74) is -1.15. The first-order chi connectivity index (χ1) is 11.3. The van der Waals surface area contributed by atoms with Crippen molar-refractivity contribution in [2.75, 3.05) is 19.8 Å². The number of ether oxygens (including phenoxy) is 1. The molecule has 1 aromatic heterocycles. The van der Waals surface area contributed by atoms with Crippen molar-refractivity contribution in [1.82, 2.24) is 10.3 Å². The van der Waals surface area contributed by atoms with Gasteiger partial charge in [0, 0.05) is 26.0 Å². The van der Waals surface area contributed by atoms with Gasteiger partial charge in [-0.15, -0.1) is 0 Å². The quantitative estimate of drug-likeness (QED) is 0.851. The number of rotatable bonds is 5. The molecule has 1 fully saturated rings. The second-order valence-electron chi connectivity index (χ2n) is 5.53. The molecule has 1 aliphatic rings. The number of hydrogen-bond donors (Lipinski definition) is 2. The number of aromatic nitrogens is 1. The van der Waals surface area contributed by atoms with Gasteiger partial charge < -0.3 is 15.2 Å². The highest BCUT2D eigenvalue weighted by atomic mass is 19.4. The number of pyridine rings is 1. The molecule has 0 radical (unpaired) electrons. The number of nitrogens with zero attached hydrogens (tertiary/aromatic N) is 1. The zero-order valence-electron chi connectivity index (χ0n) is 12.7. The first-order valence-corrected chi connectivity index (χ1v) is 7.41. The normalized spacial score (nSPS) is 17.3. The van der Waals surface area contributed by atoms with Crippen LogP contribution in [0.1, 0.15) is 28.9 Å². The average Bonchev–Trinajstić information content (AvgIpc) is 2.55.